The van der Waals surface area contributed by atoms with E-state index in [1.807, 2.05) is 14.0 Å². The molecule has 2 unspecified atom stereocenters. The minimum atomic E-state index is -1.13. The molecular weight excluding hydrogens is 265 g/mol. The number of hydrogen-bond acceptors (Lipinski definition) is 2. The fraction of sp³-hybridized carbons (Fsp3) is 0.455. The zero-order valence-electron chi connectivity index (χ0n) is 9.30. The minimum Gasteiger partial charge on any atom is -0.317 e. The number of rotatable bonds is 5. The summed E-state index contributed by atoms with van der Waals surface area (Å²) in [7, 11) is 0.752. The Labute approximate surface area is 109 Å². The van der Waals surface area contributed by atoms with Crippen molar-refractivity contribution in [1.29, 1.82) is 0 Å². The van der Waals surface area contributed by atoms with Crippen molar-refractivity contribution in [2.75, 3.05) is 12.8 Å². The second-order valence-electron chi connectivity index (χ2n) is 3.58. The molecule has 1 N–H and O–H groups in total. The third-order valence-corrected chi connectivity index (χ3v) is 4.73. The minimum absolute atomic E-state index is 0.338. The maximum Gasteiger partial charge on any atom is 0.0760 e. The van der Waals surface area contributed by atoms with Gasteiger partial charge in [-0.25, -0.2) is 0 Å². The maximum absolute atomic E-state index is 12.0. The predicted molar refractivity (Wildman–Crippen MR) is 70.9 cm³/mol. The molecule has 0 amide bonds. The van der Waals surface area contributed by atoms with Gasteiger partial charge in [0.05, 0.1) is 25.7 Å². The molecule has 16 heavy (non-hydrogen) atoms. The Kier molecular flexibility index (Phi) is 5.76. The van der Waals surface area contributed by atoms with Crippen LogP contribution in [0.5, 0.6) is 0 Å². The van der Waals surface area contributed by atoms with Crippen molar-refractivity contribution >= 4 is 34.0 Å². The molecule has 1 aromatic rings. The standard InChI is InChI=1S/C11H15Cl2NOS/c1-8(14-2)6-7-16(15)11-9(12)4-3-5-10(11)13/h3-5,8,14H,6-7H2,1-2H3. The van der Waals surface area contributed by atoms with Crippen molar-refractivity contribution in [1.82, 2.24) is 5.32 Å². The molecule has 5 heteroatoms. The largest absolute Gasteiger partial charge is 0.317 e. The zero-order valence-corrected chi connectivity index (χ0v) is 11.6. The van der Waals surface area contributed by atoms with Crippen molar-refractivity contribution in [2.24, 2.45) is 0 Å². The molecular formula is C11H15Cl2NOS. The van der Waals surface area contributed by atoms with Gasteiger partial charge in [0.25, 0.3) is 0 Å². The molecule has 0 aliphatic rings. The van der Waals surface area contributed by atoms with Crippen LogP contribution >= 0.6 is 23.2 Å². The summed E-state index contributed by atoms with van der Waals surface area (Å²) in [6, 6.07) is 5.51. The third-order valence-electron chi connectivity index (χ3n) is 2.38. The number of benzene rings is 1. The molecule has 1 rings (SSSR count). The van der Waals surface area contributed by atoms with Crippen LogP contribution in [-0.4, -0.2) is 23.1 Å². The van der Waals surface area contributed by atoms with Crippen LogP contribution in [0.4, 0.5) is 0 Å². The highest BCUT2D eigenvalue weighted by Crippen LogP contribution is 2.28. The Morgan fingerprint density at radius 1 is 1.38 bits per heavy atom. The van der Waals surface area contributed by atoms with E-state index in [-0.39, 0.29) is 0 Å². The summed E-state index contributed by atoms with van der Waals surface area (Å²) in [6.07, 6.45) is 0.824. The van der Waals surface area contributed by atoms with Gasteiger partial charge in [-0.3, -0.25) is 4.21 Å². The van der Waals surface area contributed by atoms with Gasteiger partial charge in [0.1, 0.15) is 0 Å². The second kappa shape index (κ2) is 6.60. The quantitative estimate of drug-likeness (QED) is 0.898. The Hall–Kier alpha value is -0.0900. The number of nitrogens with one attached hydrogen (secondary N) is 1. The zero-order chi connectivity index (χ0) is 12.1. The molecule has 0 aliphatic carbocycles. The SMILES string of the molecule is CNC(C)CCS(=O)c1c(Cl)cccc1Cl. The van der Waals surface area contributed by atoms with Gasteiger partial charge in [0.15, 0.2) is 0 Å². The van der Waals surface area contributed by atoms with E-state index in [2.05, 4.69) is 5.32 Å². The number of hydrogen-bond donors (Lipinski definition) is 1. The Morgan fingerprint density at radius 3 is 2.44 bits per heavy atom. The molecule has 0 bridgehead atoms. The van der Waals surface area contributed by atoms with Gasteiger partial charge >= 0.3 is 0 Å². The summed E-state index contributed by atoms with van der Waals surface area (Å²) in [5.41, 5.74) is 0. The van der Waals surface area contributed by atoms with Crippen LogP contribution in [0.2, 0.25) is 10.0 Å². The molecule has 0 fully saturated rings. The first-order chi connectivity index (χ1) is 7.56. The summed E-state index contributed by atoms with van der Waals surface area (Å²) >= 11 is 12.0. The van der Waals surface area contributed by atoms with Gasteiger partial charge in [0.2, 0.25) is 0 Å². The Balaban J connectivity index is 2.73. The summed E-state index contributed by atoms with van der Waals surface area (Å²) in [6.45, 7) is 2.05. The van der Waals surface area contributed by atoms with E-state index < -0.39 is 10.8 Å². The fourth-order valence-electron chi connectivity index (χ4n) is 1.23. The first kappa shape index (κ1) is 14.0. The monoisotopic (exact) mass is 279 g/mol. The summed E-state index contributed by atoms with van der Waals surface area (Å²) in [4.78, 5) is 0.550. The van der Waals surface area contributed by atoms with Crippen molar-refractivity contribution < 1.29 is 4.21 Å². The highest BCUT2D eigenvalue weighted by Gasteiger charge is 2.13. The lowest BCUT2D eigenvalue weighted by molar-refractivity contribution is 0.591. The molecule has 0 saturated carbocycles. The van der Waals surface area contributed by atoms with E-state index in [0.717, 1.165) is 6.42 Å². The topological polar surface area (TPSA) is 29.1 Å². The molecule has 0 saturated heterocycles. The molecule has 0 heterocycles. The summed E-state index contributed by atoms with van der Waals surface area (Å²) in [5.74, 6) is 0.561. The van der Waals surface area contributed by atoms with Crippen LogP contribution in [0.25, 0.3) is 0 Å². The summed E-state index contributed by atoms with van der Waals surface area (Å²) in [5, 5.41) is 4.05. The molecule has 2 nitrogen and oxygen atoms in total. The second-order valence-corrected chi connectivity index (χ2v) is 5.90. The maximum atomic E-state index is 12.0. The molecule has 2 atom stereocenters. The normalized spacial score (nSPS) is 14.8. The van der Waals surface area contributed by atoms with Crippen LogP contribution in [0, 0.1) is 0 Å². The lowest BCUT2D eigenvalue weighted by Gasteiger charge is -2.10. The average molecular weight is 280 g/mol. The molecule has 0 aromatic heterocycles. The van der Waals surface area contributed by atoms with E-state index >= 15 is 0 Å². The molecule has 90 valence electrons. The van der Waals surface area contributed by atoms with Crippen molar-refractivity contribution in [3.63, 3.8) is 0 Å². The van der Waals surface area contributed by atoms with Gasteiger partial charge in [-0.1, -0.05) is 29.3 Å². The lowest BCUT2D eigenvalue weighted by Crippen LogP contribution is -2.23. The highest BCUT2D eigenvalue weighted by molar-refractivity contribution is 7.85. The van der Waals surface area contributed by atoms with Crippen LogP contribution in [0.3, 0.4) is 0 Å². The van der Waals surface area contributed by atoms with Crippen LogP contribution in [-0.2, 0) is 10.8 Å². The van der Waals surface area contributed by atoms with Crippen molar-refractivity contribution in [3.8, 4) is 0 Å². The van der Waals surface area contributed by atoms with Crippen molar-refractivity contribution in [3.05, 3.63) is 28.2 Å². The van der Waals surface area contributed by atoms with Gasteiger partial charge in [0, 0.05) is 11.8 Å². The van der Waals surface area contributed by atoms with Gasteiger partial charge in [-0.2, -0.15) is 0 Å². The van der Waals surface area contributed by atoms with Gasteiger partial charge in [-0.15, -0.1) is 0 Å². The fourth-order valence-corrected chi connectivity index (χ4v) is 3.49. The Morgan fingerprint density at radius 2 is 1.94 bits per heavy atom. The van der Waals surface area contributed by atoms with Crippen LogP contribution in [0.15, 0.2) is 23.1 Å². The molecule has 0 spiro atoms. The first-order valence-corrected chi connectivity index (χ1v) is 7.13. The van der Waals surface area contributed by atoms with E-state index in [1.165, 1.54) is 0 Å². The molecule has 0 radical (unpaired) electrons. The Bertz CT molecular complexity index is 364. The highest BCUT2D eigenvalue weighted by atomic mass is 35.5. The van der Waals surface area contributed by atoms with Gasteiger partial charge in [-0.05, 0) is 32.5 Å². The van der Waals surface area contributed by atoms with E-state index in [1.54, 1.807) is 18.2 Å². The lowest BCUT2D eigenvalue weighted by atomic mass is 10.3. The van der Waals surface area contributed by atoms with Gasteiger partial charge < -0.3 is 5.32 Å². The van der Waals surface area contributed by atoms with Crippen LogP contribution < -0.4 is 5.32 Å². The summed E-state index contributed by atoms with van der Waals surface area (Å²) < 4.78 is 12.0. The van der Waals surface area contributed by atoms with Crippen molar-refractivity contribution in [2.45, 2.75) is 24.3 Å². The molecule has 0 aliphatic heterocycles. The first-order valence-electron chi connectivity index (χ1n) is 5.06. The predicted octanol–water partition coefficient (Wildman–Crippen LogP) is 3.10. The van der Waals surface area contributed by atoms with E-state index in [4.69, 9.17) is 23.2 Å². The molecule has 1 aromatic carbocycles. The van der Waals surface area contributed by atoms with E-state index in [0.29, 0.717) is 26.7 Å². The smallest absolute Gasteiger partial charge is 0.0760 e. The van der Waals surface area contributed by atoms with E-state index in [9.17, 15) is 4.21 Å². The third kappa shape index (κ3) is 3.74. The average Bonchev–Trinajstić information content (AvgIpc) is 2.25. The van der Waals surface area contributed by atoms with Crippen LogP contribution in [0.1, 0.15) is 13.3 Å². The number of halogens is 2.